The van der Waals surface area contributed by atoms with Gasteiger partial charge in [0, 0.05) is 17.3 Å². The smallest absolute Gasteiger partial charge is 0.337 e. The van der Waals surface area contributed by atoms with E-state index in [1.54, 1.807) is 32.9 Å². The Labute approximate surface area is 175 Å². The summed E-state index contributed by atoms with van der Waals surface area (Å²) in [5, 5.41) is 0.433. The van der Waals surface area contributed by atoms with E-state index in [0.29, 0.717) is 39.3 Å². The van der Waals surface area contributed by atoms with E-state index < -0.39 is 17.9 Å². The molecule has 2 atom stereocenters. The first-order valence-corrected chi connectivity index (χ1v) is 10.3. The number of hydrogen-bond donors (Lipinski definition) is 0. The highest BCUT2D eigenvalue weighted by Gasteiger charge is 2.43. The van der Waals surface area contributed by atoms with Crippen molar-refractivity contribution >= 4 is 22.7 Å². The molecule has 1 aromatic heterocycles. The summed E-state index contributed by atoms with van der Waals surface area (Å²) in [7, 11) is 0. The second-order valence-corrected chi connectivity index (χ2v) is 8.06. The molecule has 2 aliphatic rings. The van der Waals surface area contributed by atoms with Crippen molar-refractivity contribution in [2.45, 2.75) is 64.5 Å². The van der Waals surface area contributed by atoms with E-state index in [1.165, 1.54) is 6.07 Å². The Hall–Kier alpha value is -3.20. The van der Waals surface area contributed by atoms with E-state index in [9.17, 15) is 9.59 Å². The van der Waals surface area contributed by atoms with Gasteiger partial charge in [0.25, 0.3) is 6.04 Å². The van der Waals surface area contributed by atoms with Gasteiger partial charge in [0.05, 0.1) is 16.7 Å². The lowest BCUT2D eigenvalue weighted by molar-refractivity contribution is -0.144. The number of allylic oxidation sites excluding steroid dienone is 1. The van der Waals surface area contributed by atoms with Crippen molar-refractivity contribution < 1.29 is 13.9 Å². The van der Waals surface area contributed by atoms with Crippen LogP contribution < -0.4 is 5.43 Å². The number of para-hydroxylation sites is 1. The van der Waals surface area contributed by atoms with Gasteiger partial charge in [-0.1, -0.05) is 12.1 Å². The number of aryl methyl sites for hydroxylation is 1. The van der Waals surface area contributed by atoms with Gasteiger partial charge in [-0.25, -0.2) is 11.4 Å². The second kappa shape index (κ2) is 7.91. The van der Waals surface area contributed by atoms with E-state index >= 15 is 0 Å². The topological polar surface area (TPSA) is 73.2 Å². The number of nitrogens with zero attached hydrogens (tertiary/aromatic N) is 2. The quantitative estimate of drug-likeness (QED) is 0.549. The van der Waals surface area contributed by atoms with Gasteiger partial charge in [0.1, 0.15) is 23.4 Å². The van der Waals surface area contributed by atoms with E-state index in [0.717, 1.165) is 25.7 Å². The summed E-state index contributed by atoms with van der Waals surface area (Å²) in [5.74, 6) is -0.555. The van der Waals surface area contributed by atoms with Crippen LogP contribution in [0.5, 0.6) is 0 Å². The van der Waals surface area contributed by atoms with Crippen LogP contribution in [0.3, 0.4) is 0 Å². The highest BCUT2D eigenvalue weighted by atomic mass is 16.5. The number of fused-ring (bicyclic) bond motifs is 1. The zero-order valence-corrected chi connectivity index (χ0v) is 17.4. The maximum atomic E-state index is 13.2. The Morgan fingerprint density at radius 3 is 2.67 bits per heavy atom. The summed E-state index contributed by atoms with van der Waals surface area (Å²) in [6.45, 7) is 13.1. The molecule has 1 aliphatic carbocycles. The van der Waals surface area contributed by atoms with Crippen LogP contribution in [0.4, 0.5) is 0 Å². The summed E-state index contributed by atoms with van der Waals surface area (Å²) in [4.78, 5) is 34.0. The Bertz CT molecular complexity index is 1180. The highest BCUT2D eigenvalue weighted by Crippen LogP contribution is 2.40. The fourth-order valence-electron chi connectivity index (χ4n) is 4.56. The summed E-state index contributed by atoms with van der Waals surface area (Å²) in [6.07, 6.45) is 3.73. The molecular weight excluding hydrogens is 380 g/mol. The second-order valence-electron chi connectivity index (χ2n) is 8.06. The molecule has 2 unspecified atom stereocenters. The van der Waals surface area contributed by atoms with Crippen molar-refractivity contribution in [3.05, 3.63) is 68.5 Å². The van der Waals surface area contributed by atoms with E-state index in [-0.39, 0.29) is 11.5 Å². The molecule has 1 fully saturated rings. The van der Waals surface area contributed by atoms with Crippen molar-refractivity contribution in [3.63, 3.8) is 0 Å². The fraction of sp³-hybridized carbons (Fsp3) is 0.417. The molecule has 2 heterocycles. The number of hydrogen-bond acceptors (Lipinski definition) is 5. The molecule has 30 heavy (non-hydrogen) atoms. The molecule has 0 amide bonds. The summed E-state index contributed by atoms with van der Waals surface area (Å²) >= 11 is 0. The molecular formula is C24H24N2O4. The molecule has 2 aromatic rings. The maximum absolute atomic E-state index is 13.2. The molecule has 0 saturated heterocycles. The SMILES string of the molecule is [C-]#[N+]C1C(C)=NC(C)=C(C(=O)OC2CCCC2)C1c1cccc2c(=O)cc(C)oc12. The van der Waals surface area contributed by atoms with Gasteiger partial charge >= 0.3 is 5.97 Å². The van der Waals surface area contributed by atoms with Crippen LogP contribution in [-0.2, 0) is 9.53 Å². The van der Waals surface area contributed by atoms with Crippen molar-refractivity contribution in [1.29, 1.82) is 0 Å². The van der Waals surface area contributed by atoms with Crippen LogP contribution >= 0.6 is 0 Å². The highest BCUT2D eigenvalue weighted by molar-refractivity contribution is 6.01. The van der Waals surface area contributed by atoms with Crippen LogP contribution in [0.25, 0.3) is 15.8 Å². The predicted octanol–water partition coefficient (Wildman–Crippen LogP) is 4.71. The van der Waals surface area contributed by atoms with Crippen molar-refractivity contribution in [2.75, 3.05) is 0 Å². The monoisotopic (exact) mass is 404 g/mol. The number of carbonyl (C=O) groups excluding carboxylic acids is 1. The maximum Gasteiger partial charge on any atom is 0.337 e. The van der Waals surface area contributed by atoms with Crippen LogP contribution in [-0.4, -0.2) is 23.8 Å². The number of rotatable bonds is 3. The summed E-state index contributed by atoms with van der Waals surface area (Å²) in [5.41, 5.74) is 2.47. The first kappa shape index (κ1) is 20.1. The molecule has 4 rings (SSSR count). The number of benzene rings is 1. The van der Waals surface area contributed by atoms with Gasteiger partial charge in [-0.15, -0.1) is 0 Å². The standard InChI is InChI=1S/C24H24N2O4/c1-13-12-19(27)17-10-7-11-18(23(17)29-13)21-20(14(2)26-15(3)22(21)25-4)24(28)30-16-8-5-6-9-16/h7,10-12,16,21-22H,5-6,8-9H2,1-3H3. The Morgan fingerprint density at radius 1 is 1.23 bits per heavy atom. The predicted molar refractivity (Wildman–Crippen MR) is 115 cm³/mol. The van der Waals surface area contributed by atoms with E-state index in [4.69, 9.17) is 15.7 Å². The zero-order valence-electron chi connectivity index (χ0n) is 17.4. The molecule has 0 N–H and O–H groups in total. The molecule has 154 valence electrons. The number of aliphatic imine (C=N–C) groups is 1. The average Bonchev–Trinajstić information content (AvgIpc) is 3.20. The van der Waals surface area contributed by atoms with Gasteiger partial charge in [0.15, 0.2) is 5.43 Å². The zero-order chi connectivity index (χ0) is 21.4. The molecule has 0 bridgehead atoms. The van der Waals surface area contributed by atoms with Gasteiger partial charge in [0.2, 0.25) is 0 Å². The first-order valence-electron chi connectivity index (χ1n) is 10.3. The minimum Gasteiger partial charge on any atom is -0.461 e. The molecule has 1 saturated carbocycles. The lowest BCUT2D eigenvalue weighted by Gasteiger charge is -2.27. The Morgan fingerprint density at radius 2 is 1.97 bits per heavy atom. The Kier molecular flexibility index (Phi) is 5.29. The largest absolute Gasteiger partial charge is 0.461 e. The Balaban J connectivity index is 1.90. The first-order chi connectivity index (χ1) is 14.4. The lowest BCUT2D eigenvalue weighted by atomic mass is 9.79. The van der Waals surface area contributed by atoms with Gasteiger partial charge in [-0.3, -0.25) is 9.79 Å². The molecule has 6 nitrogen and oxygen atoms in total. The molecule has 1 aromatic carbocycles. The average molecular weight is 404 g/mol. The van der Waals surface area contributed by atoms with Gasteiger partial charge in [-0.2, -0.15) is 0 Å². The number of ether oxygens (including phenoxy) is 1. The molecule has 6 heteroatoms. The normalized spacial score (nSPS) is 22.1. The summed E-state index contributed by atoms with van der Waals surface area (Å²) < 4.78 is 11.7. The third-order valence-corrected chi connectivity index (χ3v) is 5.97. The minimum absolute atomic E-state index is 0.0930. The lowest BCUT2D eigenvalue weighted by Crippen LogP contribution is -2.33. The third-order valence-electron chi connectivity index (χ3n) is 5.97. The van der Waals surface area contributed by atoms with Crippen molar-refractivity contribution in [3.8, 4) is 0 Å². The third kappa shape index (κ3) is 3.45. The van der Waals surface area contributed by atoms with E-state index in [2.05, 4.69) is 9.84 Å². The summed E-state index contributed by atoms with van der Waals surface area (Å²) in [6, 6.07) is 6.07. The van der Waals surface area contributed by atoms with Gasteiger partial charge < -0.3 is 14.0 Å². The number of carbonyl (C=O) groups is 1. The van der Waals surface area contributed by atoms with Crippen LogP contribution in [0, 0.1) is 13.5 Å². The molecule has 0 radical (unpaired) electrons. The van der Waals surface area contributed by atoms with Crippen molar-refractivity contribution in [1.82, 2.24) is 0 Å². The van der Waals surface area contributed by atoms with Crippen LogP contribution in [0.15, 0.2) is 49.7 Å². The number of esters is 1. The van der Waals surface area contributed by atoms with E-state index in [1.807, 2.05) is 6.07 Å². The fourth-order valence-corrected chi connectivity index (χ4v) is 4.56. The van der Waals surface area contributed by atoms with Gasteiger partial charge in [-0.05, 0) is 52.5 Å². The van der Waals surface area contributed by atoms with Crippen molar-refractivity contribution in [2.24, 2.45) is 4.99 Å². The van der Waals surface area contributed by atoms with Crippen LogP contribution in [0.1, 0.15) is 56.8 Å². The molecule has 1 aliphatic heterocycles. The van der Waals surface area contributed by atoms with Crippen LogP contribution in [0.2, 0.25) is 0 Å². The minimum atomic E-state index is -0.670. The molecule has 0 spiro atoms.